The van der Waals surface area contributed by atoms with E-state index >= 15 is 0 Å². The molecule has 4 rings (SSSR count). The number of halogens is 1. The number of carbonyl (C=O) groups is 1. The third kappa shape index (κ3) is 4.91. The van der Waals surface area contributed by atoms with Crippen LogP contribution < -0.4 is 10.9 Å². The first kappa shape index (κ1) is 21.0. The maximum atomic E-state index is 13.1. The molecule has 1 N–H and O–H groups in total. The van der Waals surface area contributed by atoms with Gasteiger partial charge in [0.25, 0.3) is 5.56 Å². The van der Waals surface area contributed by atoms with Gasteiger partial charge in [0.2, 0.25) is 5.91 Å². The molecular formula is C22H20ClN3O2S2. The largest absolute Gasteiger partial charge is 0.351 e. The normalized spacial score (nSPS) is 12.6. The average Bonchev–Trinajstić information content (AvgIpc) is 3.23. The second kappa shape index (κ2) is 9.73. The molecule has 0 saturated heterocycles. The van der Waals surface area contributed by atoms with Crippen molar-refractivity contribution in [3.63, 3.8) is 0 Å². The number of aryl methyl sites for hydroxylation is 1. The van der Waals surface area contributed by atoms with Gasteiger partial charge in [0.05, 0.1) is 22.9 Å². The van der Waals surface area contributed by atoms with E-state index in [0.717, 1.165) is 33.9 Å². The Labute approximate surface area is 188 Å². The summed E-state index contributed by atoms with van der Waals surface area (Å²) in [5, 5.41) is 4.09. The number of hydrogen-bond donors (Lipinski definition) is 1. The molecule has 0 spiro atoms. The molecule has 0 unspecified atom stereocenters. The van der Waals surface area contributed by atoms with Gasteiger partial charge in [-0.15, -0.1) is 11.8 Å². The smallest absolute Gasteiger partial charge is 0.268 e. The number of nitrogens with zero attached hydrogens (tertiary/aromatic N) is 2. The third-order valence-electron chi connectivity index (χ3n) is 4.70. The molecule has 1 aliphatic heterocycles. The summed E-state index contributed by atoms with van der Waals surface area (Å²) in [6, 6.07) is 17.2. The summed E-state index contributed by atoms with van der Waals surface area (Å²) in [6.07, 6.45) is 0.785. The minimum Gasteiger partial charge on any atom is -0.351 e. The van der Waals surface area contributed by atoms with E-state index < -0.39 is 0 Å². The minimum atomic E-state index is -0.129. The monoisotopic (exact) mass is 457 g/mol. The first-order valence-electron chi connectivity index (χ1n) is 9.55. The number of carbonyl (C=O) groups excluding carboxylic acids is 1. The van der Waals surface area contributed by atoms with Gasteiger partial charge in [0, 0.05) is 23.7 Å². The number of hydrogen-bond acceptors (Lipinski definition) is 5. The van der Waals surface area contributed by atoms with Crippen LogP contribution >= 0.6 is 35.1 Å². The molecule has 30 heavy (non-hydrogen) atoms. The van der Waals surface area contributed by atoms with Crippen molar-refractivity contribution in [1.29, 1.82) is 0 Å². The summed E-state index contributed by atoms with van der Waals surface area (Å²) in [5.41, 5.74) is 2.71. The Kier molecular flexibility index (Phi) is 6.82. The second-order valence-corrected chi connectivity index (χ2v) is 9.26. The van der Waals surface area contributed by atoms with Crippen molar-refractivity contribution >= 4 is 41.0 Å². The minimum absolute atomic E-state index is 0.0228. The second-order valence-electron chi connectivity index (χ2n) is 6.80. The Morgan fingerprint density at radius 1 is 1.17 bits per heavy atom. The van der Waals surface area contributed by atoms with Gasteiger partial charge in [-0.2, -0.15) is 0 Å². The van der Waals surface area contributed by atoms with Crippen molar-refractivity contribution in [2.75, 3.05) is 11.5 Å². The lowest BCUT2D eigenvalue weighted by Crippen LogP contribution is -2.28. The highest BCUT2D eigenvalue weighted by Gasteiger charge is 2.22. The van der Waals surface area contributed by atoms with Gasteiger partial charge in [-0.1, -0.05) is 71.9 Å². The maximum Gasteiger partial charge on any atom is 0.268 e. The van der Waals surface area contributed by atoms with Crippen molar-refractivity contribution < 1.29 is 4.79 Å². The lowest BCUT2D eigenvalue weighted by atomic mass is 10.2. The maximum absolute atomic E-state index is 13.1. The van der Waals surface area contributed by atoms with Crippen molar-refractivity contribution in [2.45, 2.75) is 29.6 Å². The van der Waals surface area contributed by atoms with E-state index in [0.29, 0.717) is 23.3 Å². The number of benzene rings is 2. The van der Waals surface area contributed by atoms with Crippen molar-refractivity contribution in [2.24, 2.45) is 0 Å². The number of fused-ring (bicyclic) bond motifs is 1. The van der Waals surface area contributed by atoms with Crippen LogP contribution in [-0.4, -0.2) is 27.0 Å². The fourth-order valence-corrected chi connectivity index (χ4v) is 5.25. The van der Waals surface area contributed by atoms with Gasteiger partial charge in [-0.05, 0) is 17.2 Å². The van der Waals surface area contributed by atoms with Crippen LogP contribution in [0.1, 0.15) is 16.8 Å². The van der Waals surface area contributed by atoms with E-state index in [2.05, 4.69) is 5.32 Å². The Morgan fingerprint density at radius 3 is 2.73 bits per heavy atom. The Hall–Kier alpha value is -2.22. The van der Waals surface area contributed by atoms with Crippen molar-refractivity contribution in [3.8, 4) is 0 Å². The Balaban J connectivity index is 1.49. The first-order chi connectivity index (χ1) is 14.6. The molecule has 1 aromatic heterocycles. The van der Waals surface area contributed by atoms with Gasteiger partial charge in [0.15, 0.2) is 5.16 Å². The van der Waals surface area contributed by atoms with Crippen molar-refractivity contribution in [1.82, 2.24) is 14.9 Å². The number of aromatic nitrogens is 2. The van der Waals surface area contributed by atoms with Crippen LogP contribution in [0.5, 0.6) is 0 Å². The highest BCUT2D eigenvalue weighted by Crippen LogP contribution is 2.29. The summed E-state index contributed by atoms with van der Waals surface area (Å²) in [5.74, 6) is 0.919. The fraction of sp³-hybridized carbons (Fsp3) is 0.227. The fourth-order valence-electron chi connectivity index (χ4n) is 3.16. The van der Waals surface area contributed by atoms with Crippen molar-refractivity contribution in [3.05, 3.63) is 86.8 Å². The highest BCUT2D eigenvalue weighted by atomic mass is 35.5. The van der Waals surface area contributed by atoms with Crippen LogP contribution in [0.3, 0.4) is 0 Å². The highest BCUT2D eigenvalue weighted by molar-refractivity contribution is 8.00. The van der Waals surface area contributed by atoms with Crippen LogP contribution in [0.4, 0.5) is 0 Å². The zero-order valence-corrected chi connectivity index (χ0v) is 18.5. The van der Waals surface area contributed by atoms with E-state index in [1.807, 2.05) is 48.5 Å². The molecule has 5 nitrogen and oxygen atoms in total. The summed E-state index contributed by atoms with van der Waals surface area (Å²) in [7, 11) is 0. The van der Waals surface area contributed by atoms with E-state index in [-0.39, 0.29) is 17.2 Å². The van der Waals surface area contributed by atoms with Gasteiger partial charge in [0.1, 0.15) is 0 Å². The molecule has 2 aromatic carbocycles. The summed E-state index contributed by atoms with van der Waals surface area (Å²) >= 11 is 9.00. The van der Waals surface area contributed by atoms with E-state index in [1.54, 1.807) is 22.4 Å². The molecular weight excluding hydrogens is 438 g/mol. The summed E-state index contributed by atoms with van der Waals surface area (Å²) in [4.78, 5) is 30.9. The summed E-state index contributed by atoms with van der Waals surface area (Å²) < 4.78 is 1.68. The van der Waals surface area contributed by atoms with Crippen LogP contribution in [0.15, 0.2) is 69.4 Å². The molecule has 0 atom stereocenters. The van der Waals surface area contributed by atoms with E-state index in [9.17, 15) is 9.59 Å². The predicted molar refractivity (Wildman–Crippen MR) is 122 cm³/mol. The standard InChI is InChI=1S/C22H20ClN3O2S2/c23-17-9-5-4-8-16(17)12-24-19(27)14-30-22-25-18-10-11-29-20(18)21(28)26(22)13-15-6-2-1-3-7-15/h1-9H,10-14H2,(H,24,27). The molecule has 0 fully saturated rings. The topological polar surface area (TPSA) is 64.0 Å². The van der Waals surface area contributed by atoms with Gasteiger partial charge in [-0.25, -0.2) is 4.98 Å². The molecule has 1 aliphatic rings. The zero-order chi connectivity index (χ0) is 20.9. The molecule has 0 bridgehead atoms. The van der Waals surface area contributed by atoms with E-state index in [4.69, 9.17) is 16.6 Å². The van der Waals surface area contributed by atoms with Gasteiger partial charge in [-0.3, -0.25) is 14.2 Å². The third-order valence-corrected chi connectivity index (χ3v) is 7.15. The SMILES string of the molecule is O=C(CSc1nc2c(c(=O)n1Cc1ccccc1)SCC2)NCc1ccccc1Cl. The van der Waals surface area contributed by atoms with Gasteiger partial charge < -0.3 is 5.32 Å². The molecule has 0 radical (unpaired) electrons. The molecule has 0 aliphatic carbocycles. The molecule has 154 valence electrons. The first-order valence-corrected chi connectivity index (χ1v) is 11.9. The number of thioether (sulfide) groups is 2. The zero-order valence-electron chi connectivity index (χ0n) is 16.1. The summed E-state index contributed by atoms with van der Waals surface area (Å²) in [6.45, 7) is 0.800. The number of amides is 1. The lowest BCUT2D eigenvalue weighted by molar-refractivity contribution is -0.118. The Morgan fingerprint density at radius 2 is 1.93 bits per heavy atom. The quantitative estimate of drug-likeness (QED) is 0.429. The molecule has 0 saturated carbocycles. The van der Waals surface area contributed by atoms with E-state index in [1.165, 1.54) is 11.8 Å². The molecule has 2 heterocycles. The molecule has 3 aromatic rings. The van der Waals surface area contributed by atoms with Gasteiger partial charge >= 0.3 is 0 Å². The predicted octanol–water partition coefficient (Wildman–Crippen LogP) is 4.00. The molecule has 1 amide bonds. The number of rotatable bonds is 7. The van der Waals surface area contributed by atoms with Crippen LogP contribution in [0, 0.1) is 0 Å². The van der Waals surface area contributed by atoms with Crippen LogP contribution in [0.2, 0.25) is 5.02 Å². The Bertz CT molecular complexity index is 1120. The number of nitrogens with one attached hydrogen (secondary N) is 1. The van der Waals surface area contributed by atoms with Crippen LogP contribution in [-0.2, 0) is 24.3 Å². The molecule has 8 heteroatoms. The van der Waals surface area contributed by atoms with Crippen LogP contribution in [0.25, 0.3) is 0 Å². The lowest BCUT2D eigenvalue weighted by Gasteiger charge is -2.14. The average molecular weight is 458 g/mol.